The van der Waals surface area contributed by atoms with Crippen molar-refractivity contribution in [2.45, 2.75) is 38.9 Å². The third kappa shape index (κ3) is 3.56. The van der Waals surface area contributed by atoms with Gasteiger partial charge in [-0.2, -0.15) is 5.10 Å². The zero-order valence-corrected chi connectivity index (χ0v) is 15.9. The Kier molecular flexibility index (Phi) is 5.00. The molecule has 0 aromatic carbocycles. The summed E-state index contributed by atoms with van der Waals surface area (Å²) in [6.45, 7) is 4.97. The molecule has 1 saturated heterocycles. The number of rotatable bonds is 3. The molecule has 0 spiro atoms. The number of piperazine rings is 1. The fourth-order valence-electron chi connectivity index (χ4n) is 3.56. The summed E-state index contributed by atoms with van der Waals surface area (Å²) in [6.07, 6.45) is 4.68. The topological polar surface area (TPSA) is 46.3 Å². The lowest BCUT2D eigenvalue weighted by Crippen LogP contribution is -2.48. The van der Waals surface area contributed by atoms with Crippen LogP contribution < -0.4 is 0 Å². The van der Waals surface area contributed by atoms with Gasteiger partial charge in [-0.05, 0) is 36.5 Å². The number of thiophene rings is 1. The van der Waals surface area contributed by atoms with Crippen LogP contribution >= 0.6 is 23.6 Å². The van der Waals surface area contributed by atoms with Crippen LogP contribution in [-0.2, 0) is 19.6 Å². The minimum absolute atomic E-state index is 0.153. The van der Waals surface area contributed by atoms with Crippen LogP contribution in [0, 0.1) is 4.77 Å². The van der Waals surface area contributed by atoms with Crippen LogP contribution in [0.1, 0.15) is 34.8 Å². The Balaban J connectivity index is 1.38. The minimum Gasteiger partial charge on any atom is -0.335 e. The van der Waals surface area contributed by atoms with E-state index in [9.17, 15) is 4.79 Å². The van der Waals surface area contributed by atoms with Gasteiger partial charge >= 0.3 is 0 Å². The van der Waals surface area contributed by atoms with Gasteiger partial charge in [-0.25, -0.2) is 4.68 Å². The summed E-state index contributed by atoms with van der Waals surface area (Å²) < 4.78 is 5.01. The van der Waals surface area contributed by atoms with E-state index >= 15 is 0 Å². The zero-order chi connectivity index (χ0) is 17.2. The quantitative estimate of drug-likeness (QED) is 0.772. The molecule has 134 valence electrons. The summed E-state index contributed by atoms with van der Waals surface area (Å²) in [6, 6.07) is 3.83. The first-order valence-electron chi connectivity index (χ1n) is 8.94. The Bertz CT molecular complexity index is 787. The van der Waals surface area contributed by atoms with E-state index in [2.05, 4.69) is 9.47 Å². The Hall–Kier alpha value is -1.51. The van der Waals surface area contributed by atoms with Gasteiger partial charge in [-0.15, -0.1) is 11.3 Å². The van der Waals surface area contributed by atoms with Crippen molar-refractivity contribution >= 4 is 29.5 Å². The Labute approximate surface area is 156 Å². The maximum absolute atomic E-state index is 12.4. The highest BCUT2D eigenvalue weighted by atomic mass is 32.1. The van der Waals surface area contributed by atoms with E-state index in [1.165, 1.54) is 30.6 Å². The highest BCUT2D eigenvalue weighted by Gasteiger charge is 2.23. The van der Waals surface area contributed by atoms with Gasteiger partial charge in [0.25, 0.3) is 5.91 Å². The molecule has 2 aliphatic rings. The van der Waals surface area contributed by atoms with E-state index in [0.29, 0.717) is 0 Å². The number of fused-ring (bicyclic) bond motifs is 1. The second kappa shape index (κ2) is 7.39. The lowest BCUT2D eigenvalue weighted by atomic mass is 10.2. The maximum Gasteiger partial charge on any atom is 0.264 e. The van der Waals surface area contributed by atoms with Gasteiger partial charge in [0.2, 0.25) is 0 Å². The molecule has 0 N–H and O–H groups in total. The maximum atomic E-state index is 12.4. The van der Waals surface area contributed by atoms with E-state index < -0.39 is 0 Å². The first-order valence-corrected chi connectivity index (χ1v) is 10.2. The van der Waals surface area contributed by atoms with Crippen molar-refractivity contribution in [3.05, 3.63) is 33.0 Å². The van der Waals surface area contributed by atoms with Crippen LogP contribution in [-0.4, -0.2) is 56.2 Å². The van der Waals surface area contributed by atoms with Gasteiger partial charge in [0.15, 0.2) is 4.77 Å². The summed E-state index contributed by atoms with van der Waals surface area (Å²) in [5.41, 5.74) is 0. The SMILES string of the molecule is O=C(c1cccs1)N1CCN(Cn2nc3n(c2=S)CCCCC3)CC1. The Morgan fingerprint density at radius 3 is 2.76 bits per heavy atom. The third-order valence-corrected chi connectivity index (χ3v) is 6.30. The summed E-state index contributed by atoms with van der Waals surface area (Å²) >= 11 is 7.14. The summed E-state index contributed by atoms with van der Waals surface area (Å²) in [4.78, 5) is 17.5. The molecule has 0 saturated carbocycles. The number of aromatic nitrogens is 3. The number of hydrogen-bond donors (Lipinski definition) is 0. The molecule has 0 aliphatic carbocycles. The van der Waals surface area contributed by atoms with E-state index in [1.807, 2.05) is 27.1 Å². The highest BCUT2D eigenvalue weighted by Crippen LogP contribution is 2.16. The standard InChI is InChI=1S/C17H23N5OS2/c23-16(14-5-4-12-25-14)20-10-8-19(9-11-20)13-22-17(24)21-7-3-1-2-6-15(21)18-22/h4-5,12H,1-3,6-11,13H2. The van der Waals surface area contributed by atoms with E-state index in [4.69, 9.17) is 17.3 Å². The molecular formula is C17H23N5OS2. The molecule has 8 heteroatoms. The molecule has 2 aliphatic heterocycles. The Morgan fingerprint density at radius 1 is 1.16 bits per heavy atom. The monoisotopic (exact) mass is 377 g/mol. The van der Waals surface area contributed by atoms with Crippen molar-refractivity contribution in [2.24, 2.45) is 0 Å². The number of hydrogen-bond acceptors (Lipinski definition) is 5. The normalized spacial score (nSPS) is 18.8. The van der Waals surface area contributed by atoms with Crippen LogP contribution in [0.5, 0.6) is 0 Å². The van der Waals surface area contributed by atoms with Crippen LogP contribution in [0.15, 0.2) is 17.5 Å². The number of amides is 1. The fraction of sp³-hybridized carbons (Fsp3) is 0.588. The van der Waals surface area contributed by atoms with Crippen molar-refractivity contribution in [1.29, 1.82) is 0 Å². The predicted octanol–water partition coefficient (Wildman–Crippen LogP) is 2.62. The lowest BCUT2D eigenvalue weighted by Gasteiger charge is -2.34. The van der Waals surface area contributed by atoms with Gasteiger partial charge in [0.1, 0.15) is 5.82 Å². The smallest absolute Gasteiger partial charge is 0.264 e. The van der Waals surface area contributed by atoms with Crippen molar-refractivity contribution in [1.82, 2.24) is 24.1 Å². The average molecular weight is 378 g/mol. The van der Waals surface area contributed by atoms with Crippen LogP contribution in [0.4, 0.5) is 0 Å². The number of carbonyl (C=O) groups is 1. The van der Waals surface area contributed by atoms with Crippen molar-refractivity contribution in [3.8, 4) is 0 Å². The number of nitrogens with zero attached hydrogens (tertiary/aromatic N) is 5. The second-order valence-corrected chi connectivity index (χ2v) is 8.00. The summed E-state index contributed by atoms with van der Waals surface area (Å²) in [5.74, 6) is 1.29. The molecule has 2 aromatic rings. The molecule has 1 fully saturated rings. The van der Waals surface area contributed by atoms with Gasteiger partial charge < -0.3 is 9.47 Å². The van der Waals surface area contributed by atoms with Crippen LogP contribution in [0.2, 0.25) is 0 Å². The number of aryl methyl sites for hydroxylation is 1. The van der Waals surface area contributed by atoms with Gasteiger partial charge in [-0.3, -0.25) is 9.69 Å². The number of carbonyl (C=O) groups excluding carboxylic acids is 1. The Morgan fingerprint density at radius 2 is 2.00 bits per heavy atom. The summed E-state index contributed by atoms with van der Waals surface area (Å²) in [7, 11) is 0. The highest BCUT2D eigenvalue weighted by molar-refractivity contribution is 7.71. The molecule has 1 amide bonds. The summed E-state index contributed by atoms with van der Waals surface area (Å²) in [5, 5.41) is 6.71. The largest absolute Gasteiger partial charge is 0.335 e. The fourth-order valence-corrected chi connectivity index (χ4v) is 4.54. The second-order valence-electron chi connectivity index (χ2n) is 6.69. The van der Waals surface area contributed by atoms with Crippen molar-refractivity contribution in [3.63, 3.8) is 0 Å². The molecule has 6 nitrogen and oxygen atoms in total. The van der Waals surface area contributed by atoms with E-state index in [-0.39, 0.29) is 5.91 Å². The predicted molar refractivity (Wildman–Crippen MR) is 100 cm³/mol. The molecule has 25 heavy (non-hydrogen) atoms. The van der Waals surface area contributed by atoms with E-state index in [1.54, 1.807) is 0 Å². The molecule has 0 atom stereocenters. The van der Waals surface area contributed by atoms with Crippen LogP contribution in [0.25, 0.3) is 0 Å². The molecular weight excluding hydrogens is 354 g/mol. The van der Waals surface area contributed by atoms with Gasteiger partial charge in [-0.1, -0.05) is 12.5 Å². The van der Waals surface area contributed by atoms with Crippen molar-refractivity contribution in [2.75, 3.05) is 26.2 Å². The van der Waals surface area contributed by atoms with Gasteiger partial charge in [0, 0.05) is 39.1 Å². The zero-order valence-electron chi connectivity index (χ0n) is 14.3. The van der Waals surface area contributed by atoms with Crippen LogP contribution in [0.3, 0.4) is 0 Å². The first kappa shape index (κ1) is 16.9. The average Bonchev–Trinajstić information content (AvgIpc) is 3.19. The molecule has 0 bridgehead atoms. The van der Waals surface area contributed by atoms with Gasteiger partial charge in [0.05, 0.1) is 11.5 Å². The molecule has 4 rings (SSSR count). The molecule has 2 aromatic heterocycles. The molecule has 4 heterocycles. The minimum atomic E-state index is 0.153. The van der Waals surface area contributed by atoms with E-state index in [0.717, 1.165) is 61.3 Å². The van der Waals surface area contributed by atoms with Crippen molar-refractivity contribution < 1.29 is 4.79 Å². The first-order chi connectivity index (χ1) is 12.2. The third-order valence-electron chi connectivity index (χ3n) is 5.01. The molecule has 0 radical (unpaired) electrons. The lowest BCUT2D eigenvalue weighted by molar-refractivity contribution is 0.0589. The molecule has 0 unspecified atom stereocenters.